The van der Waals surface area contributed by atoms with E-state index in [0.29, 0.717) is 61.1 Å². The van der Waals surface area contributed by atoms with Crippen LogP contribution in [0.25, 0.3) is 16.7 Å². The van der Waals surface area contributed by atoms with Gasteiger partial charge in [0.15, 0.2) is 0 Å². The number of rotatable bonds is 15. The van der Waals surface area contributed by atoms with Crippen molar-refractivity contribution in [1.82, 2.24) is 29.6 Å². The lowest BCUT2D eigenvalue weighted by Gasteiger charge is -2.42. The number of nitrogens with one attached hydrogen (secondary N) is 2. The Bertz CT molecular complexity index is 2200. The van der Waals surface area contributed by atoms with Gasteiger partial charge >= 0.3 is 0 Å². The highest BCUT2D eigenvalue weighted by molar-refractivity contribution is 5.94. The van der Waals surface area contributed by atoms with Crippen LogP contribution < -0.4 is 27.8 Å². The van der Waals surface area contributed by atoms with Crippen molar-refractivity contribution >= 4 is 41.0 Å². The first-order valence-corrected chi connectivity index (χ1v) is 21.7. The SMILES string of the molecule is CNc1cnc2c(c1)c(C)cn2C(C)CC1CC(CN2CCN(C(=O)c3ccc(C4CN(C(/C=C(\N)c5ccccc5O)=C(N)N)C(C)CO4)cc3)CC2)C1.O=CCCNC=O. The number of nitrogens with zero attached hydrogens (tertiary/aromatic N) is 5. The average molecular weight is 849 g/mol. The van der Waals surface area contributed by atoms with Crippen molar-refractivity contribution in [3.05, 3.63) is 107 Å². The van der Waals surface area contributed by atoms with E-state index in [1.54, 1.807) is 24.3 Å². The highest BCUT2D eigenvalue weighted by atomic mass is 16.5. The number of aldehydes is 1. The summed E-state index contributed by atoms with van der Waals surface area (Å²) in [7, 11) is 1.93. The molecule has 1 saturated carbocycles. The molecule has 3 aliphatic rings. The van der Waals surface area contributed by atoms with Crippen molar-refractivity contribution < 1.29 is 24.2 Å². The van der Waals surface area contributed by atoms with E-state index in [-0.39, 0.29) is 29.6 Å². The Balaban J connectivity index is 0.000000845. The number of carbonyl (C=O) groups excluding carboxylic acids is 3. The van der Waals surface area contributed by atoms with Crippen LogP contribution in [0.4, 0.5) is 5.69 Å². The zero-order chi connectivity index (χ0) is 44.3. The second-order valence-corrected chi connectivity index (χ2v) is 16.9. The summed E-state index contributed by atoms with van der Waals surface area (Å²) in [5, 5.41) is 17.1. The second-order valence-electron chi connectivity index (χ2n) is 16.9. The number of phenols is 1. The number of amides is 2. The van der Waals surface area contributed by atoms with Crippen LogP contribution in [0.2, 0.25) is 0 Å². The molecular formula is C47H64N10O5. The largest absolute Gasteiger partial charge is 0.507 e. The van der Waals surface area contributed by atoms with E-state index in [2.05, 4.69) is 51.1 Å². The maximum atomic E-state index is 13.6. The van der Waals surface area contributed by atoms with Gasteiger partial charge in [0.1, 0.15) is 29.6 Å². The van der Waals surface area contributed by atoms with Crippen molar-refractivity contribution in [2.75, 3.05) is 64.8 Å². The summed E-state index contributed by atoms with van der Waals surface area (Å²) in [6.07, 6.45) is 11.1. The number of fused-ring (bicyclic) bond motifs is 1. The van der Waals surface area contributed by atoms with Gasteiger partial charge in [-0.1, -0.05) is 24.3 Å². The molecule has 3 fully saturated rings. The van der Waals surface area contributed by atoms with E-state index in [0.717, 1.165) is 67.7 Å². The fraction of sp³-hybridized carbons (Fsp3) is 0.447. The fourth-order valence-electron chi connectivity index (χ4n) is 8.87. The van der Waals surface area contributed by atoms with Gasteiger partial charge < -0.3 is 56.8 Å². The van der Waals surface area contributed by atoms with Crippen molar-refractivity contribution in [2.24, 2.45) is 29.0 Å². The summed E-state index contributed by atoms with van der Waals surface area (Å²) in [6, 6.07) is 17.3. The number of allylic oxidation sites excluding steroid dienone is 1. The molecule has 3 atom stereocenters. The van der Waals surface area contributed by atoms with Crippen molar-refractivity contribution in [1.29, 1.82) is 0 Å². The fourth-order valence-corrected chi connectivity index (χ4v) is 8.87. The monoisotopic (exact) mass is 849 g/mol. The van der Waals surface area contributed by atoms with E-state index >= 15 is 0 Å². The third-order valence-electron chi connectivity index (χ3n) is 12.4. The van der Waals surface area contributed by atoms with E-state index < -0.39 is 0 Å². The van der Waals surface area contributed by atoms with Gasteiger partial charge in [0.2, 0.25) is 6.41 Å². The number of aromatic nitrogens is 2. The first kappa shape index (κ1) is 45.5. The van der Waals surface area contributed by atoms with E-state index in [9.17, 15) is 19.5 Å². The van der Waals surface area contributed by atoms with Crippen LogP contribution in [0.3, 0.4) is 0 Å². The lowest BCUT2D eigenvalue weighted by molar-refractivity contribution is -0.110. The summed E-state index contributed by atoms with van der Waals surface area (Å²) in [5.74, 6) is 1.75. The zero-order valence-corrected chi connectivity index (χ0v) is 36.5. The number of pyridine rings is 1. The maximum Gasteiger partial charge on any atom is 0.253 e. The number of anilines is 1. The Kier molecular flexibility index (Phi) is 15.5. The normalized spacial score (nSPS) is 20.9. The molecule has 4 aromatic rings. The van der Waals surface area contributed by atoms with Crippen LogP contribution in [0.5, 0.6) is 5.75 Å². The molecule has 2 aromatic heterocycles. The minimum Gasteiger partial charge on any atom is -0.507 e. The van der Waals surface area contributed by atoms with Crippen LogP contribution in [-0.2, 0) is 14.3 Å². The van der Waals surface area contributed by atoms with Crippen LogP contribution in [0.1, 0.15) is 78.7 Å². The molecule has 2 saturated heterocycles. The van der Waals surface area contributed by atoms with Gasteiger partial charge in [-0.05, 0) is 99.4 Å². The Morgan fingerprint density at radius 1 is 1.03 bits per heavy atom. The predicted molar refractivity (Wildman–Crippen MR) is 244 cm³/mol. The number of phenolic OH excluding ortho intramolecular Hbond substituents is 1. The van der Waals surface area contributed by atoms with Crippen molar-refractivity contribution in [2.45, 2.75) is 64.6 Å². The Hall–Kier alpha value is -6.06. The van der Waals surface area contributed by atoms with Gasteiger partial charge in [0, 0.05) is 99.8 Å². The molecule has 2 aromatic carbocycles. The zero-order valence-electron chi connectivity index (χ0n) is 36.5. The summed E-state index contributed by atoms with van der Waals surface area (Å²) in [5.41, 5.74) is 25.2. The van der Waals surface area contributed by atoms with E-state index in [4.69, 9.17) is 26.9 Å². The lowest BCUT2D eigenvalue weighted by Crippen LogP contribution is -2.50. The molecule has 0 spiro atoms. The molecule has 3 unspecified atom stereocenters. The topological polar surface area (TPSA) is 210 Å². The van der Waals surface area contributed by atoms with Crippen LogP contribution in [0.15, 0.2) is 84.6 Å². The summed E-state index contributed by atoms with van der Waals surface area (Å²) in [4.78, 5) is 43.9. The first-order valence-electron chi connectivity index (χ1n) is 21.7. The number of nitrogens with two attached hydrogens (primary N) is 3. The molecule has 332 valence electrons. The minimum atomic E-state index is -0.255. The molecule has 7 rings (SSSR count). The van der Waals surface area contributed by atoms with Gasteiger partial charge in [-0.15, -0.1) is 0 Å². The van der Waals surface area contributed by atoms with Crippen LogP contribution in [-0.4, -0.2) is 113 Å². The summed E-state index contributed by atoms with van der Waals surface area (Å²) in [6.45, 7) is 12.3. The van der Waals surface area contributed by atoms with Crippen LogP contribution >= 0.6 is 0 Å². The third kappa shape index (κ3) is 11.1. The number of aromatic hydroxyl groups is 1. The molecule has 4 heterocycles. The van der Waals surface area contributed by atoms with E-state index in [1.807, 2.05) is 55.4 Å². The first-order chi connectivity index (χ1) is 29.9. The number of ether oxygens (including phenoxy) is 1. The molecule has 0 radical (unpaired) electrons. The molecule has 1 aliphatic carbocycles. The highest BCUT2D eigenvalue weighted by Gasteiger charge is 2.34. The molecule has 15 heteroatoms. The Labute approximate surface area is 364 Å². The number of hydrogen-bond donors (Lipinski definition) is 6. The van der Waals surface area contributed by atoms with Crippen LogP contribution in [0, 0.1) is 18.8 Å². The summed E-state index contributed by atoms with van der Waals surface area (Å²) < 4.78 is 8.61. The van der Waals surface area contributed by atoms with Gasteiger partial charge in [-0.3, -0.25) is 14.5 Å². The number of piperazine rings is 1. The molecule has 62 heavy (non-hydrogen) atoms. The number of carbonyl (C=O) groups is 3. The number of morpholine rings is 1. The van der Waals surface area contributed by atoms with Crippen molar-refractivity contribution in [3.8, 4) is 5.75 Å². The summed E-state index contributed by atoms with van der Waals surface area (Å²) >= 11 is 0. The molecule has 15 nitrogen and oxygen atoms in total. The van der Waals surface area contributed by atoms with Gasteiger partial charge in [0.25, 0.3) is 5.91 Å². The van der Waals surface area contributed by atoms with Gasteiger partial charge in [-0.2, -0.15) is 0 Å². The Morgan fingerprint density at radius 2 is 1.76 bits per heavy atom. The molecule has 2 aliphatic heterocycles. The maximum absolute atomic E-state index is 13.6. The Morgan fingerprint density at radius 3 is 2.42 bits per heavy atom. The highest BCUT2D eigenvalue weighted by Crippen LogP contribution is 2.40. The third-order valence-corrected chi connectivity index (χ3v) is 12.4. The molecule has 9 N–H and O–H groups in total. The minimum absolute atomic E-state index is 0.0124. The second kappa shape index (κ2) is 21.1. The predicted octanol–water partition coefficient (Wildman–Crippen LogP) is 4.70. The standard InChI is InChI=1S/C43H57N9O3.C4H7NO2/c1-27-23-52(42-36(27)20-34(47-4)22-48-42)28(2)17-30-18-31(19-30)24-49-13-15-50(16-14-49)43(54)33-11-9-32(10-12-33)40-25-51(29(3)26-55-40)38(41(45)46)21-37(44)35-7-5-6-8-39(35)53;6-3-1-2-5-4-7/h5-12,20-23,28-31,40,47,53H,13-19,24-26,44-46H2,1-4H3;3-4H,1-2H2,(H,5,7)/b37-21-;. The average Bonchev–Trinajstić information content (AvgIpc) is 3.60. The molecule has 0 bridgehead atoms. The lowest BCUT2D eigenvalue weighted by atomic mass is 9.72. The van der Waals surface area contributed by atoms with Gasteiger partial charge in [-0.25, -0.2) is 4.98 Å². The number of hydrogen-bond acceptors (Lipinski definition) is 12. The van der Waals surface area contributed by atoms with Gasteiger partial charge in [0.05, 0.1) is 24.2 Å². The number of benzene rings is 2. The quantitative estimate of drug-likeness (QED) is 0.0547. The molecular weight excluding hydrogens is 785 g/mol. The smallest absolute Gasteiger partial charge is 0.253 e. The number of para-hydroxylation sites is 1. The molecule has 2 amide bonds. The van der Waals surface area contributed by atoms with E-state index in [1.165, 1.54) is 30.2 Å². The number of aryl methyl sites for hydroxylation is 1. The van der Waals surface area contributed by atoms with Crippen molar-refractivity contribution in [3.63, 3.8) is 0 Å².